The number of benzene rings is 2. The Balaban J connectivity index is 1.74. The Morgan fingerprint density at radius 2 is 1.63 bits per heavy atom. The van der Waals surface area contributed by atoms with E-state index < -0.39 is 0 Å². The second-order valence-corrected chi connectivity index (χ2v) is 12.9. The molecule has 1 aliphatic rings. The molecular formula is C28H33N3O2S2. The molecule has 2 N–H and O–H groups in total. The number of nitrogens with one attached hydrogen (secondary N) is 1. The van der Waals surface area contributed by atoms with Crippen molar-refractivity contribution in [3.05, 3.63) is 70.6 Å². The molecule has 0 spiro atoms. The fourth-order valence-electron chi connectivity index (χ4n) is 4.34. The minimum Gasteiger partial charge on any atom is -0.507 e. The molecule has 1 amide bonds. The third kappa shape index (κ3) is 4.98. The summed E-state index contributed by atoms with van der Waals surface area (Å²) < 4.78 is 0. The quantitative estimate of drug-likeness (QED) is 0.276. The Labute approximate surface area is 216 Å². The van der Waals surface area contributed by atoms with Gasteiger partial charge in [0.1, 0.15) is 16.1 Å². The second kappa shape index (κ2) is 9.36. The first-order valence-corrected chi connectivity index (χ1v) is 13.6. The highest BCUT2D eigenvalue weighted by molar-refractivity contribution is 8.00. The van der Waals surface area contributed by atoms with Gasteiger partial charge < -0.3 is 5.11 Å². The molecule has 1 aliphatic heterocycles. The van der Waals surface area contributed by atoms with Gasteiger partial charge in [0, 0.05) is 11.4 Å². The molecule has 5 nitrogen and oxygen atoms in total. The number of hydrogen-bond donors (Lipinski definition) is 2. The van der Waals surface area contributed by atoms with Crippen molar-refractivity contribution in [1.82, 2.24) is 0 Å². The lowest BCUT2D eigenvalue weighted by Gasteiger charge is -2.31. The Kier molecular flexibility index (Phi) is 6.77. The number of thioether (sulfide) groups is 1. The van der Waals surface area contributed by atoms with Crippen LogP contribution in [-0.2, 0) is 15.6 Å². The summed E-state index contributed by atoms with van der Waals surface area (Å²) in [5.74, 6) is 0.821. The van der Waals surface area contributed by atoms with E-state index in [4.69, 9.17) is 5.41 Å². The van der Waals surface area contributed by atoms with Crippen molar-refractivity contribution >= 4 is 51.7 Å². The maximum absolute atomic E-state index is 13.1. The van der Waals surface area contributed by atoms with Crippen molar-refractivity contribution in [2.45, 2.75) is 57.7 Å². The molecule has 1 saturated heterocycles. The van der Waals surface area contributed by atoms with Gasteiger partial charge in [-0.05, 0) is 81.4 Å². The van der Waals surface area contributed by atoms with Crippen LogP contribution in [0.1, 0.15) is 63.6 Å². The smallest absolute Gasteiger partial charge is 0.238 e. The number of aromatic hydroxyl groups is 1. The van der Waals surface area contributed by atoms with Crippen molar-refractivity contribution in [2.75, 3.05) is 15.6 Å². The maximum Gasteiger partial charge on any atom is 0.238 e. The maximum atomic E-state index is 13.1. The van der Waals surface area contributed by atoms with E-state index in [-0.39, 0.29) is 22.1 Å². The van der Waals surface area contributed by atoms with Crippen LogP contribution in [0.15, 0.2) is 53.9 Å². The molecule has 4 rings (SSSR count). The molecule has 7 heteroatoms. The van der Waals surface area contributed by atoms with E-state index in [0.29, 0.717) is 11.5 Å². The number of thiophene rings is 1. The van der Waals surface area contributed by atoms with Crippen LogP contribution in [0.4, 0.5) is 16.4 Å². The van der Waals surface area contributed by atoms with E-state index in [2.05, 4.69) is 53.7 Å². The predicted molar refractivity (Wildman–Crippen MR) is 150 cm³/mol. The summed E-state index contributed by atoms with van der Waals surface area (Å²) in [6.07, 6.45) is 1.30. The summed E-state index contributed by atoms with van der Waals surface area (Å²) in [5.41, 5.74) is 4.04. The fourth-order valence-corrected chi connectivity index (χ4v) is 6.22. The zero-order valence-corrected chi connectivity index (χ0v) is 22.8. The molecule has 1 unspecified atom stereocenters. The summed E-state index contributed by atoms with van der Waals surface area (Å²) in [7, 11) is 0. The van der Waals surface area contributed by atoms with Crippen LogP contribution in [0.3, 0.4) is 0 Å². The van der Waals surface area contributed by atoms with Crippen molar-refractivity contribution in [3.63, 3.8) is 0 Å². The zero-order chi connectivity index (χ0) is 25.5. The standard InChI is InChI=1S/C28H33N3O2S2/c1-27(2,3)21-14-18(15-22(25(21)33)28(4,5)6)26-31(23(32)16-35-26)20-11-9-19(10-12-20)30(17-29)24-8-7-13-34-24/h7-15,17,26,29,33H,16H2,1-6H3. The predicted octanol–water partition coefficient (Wildman–Crippen LogP) is 7.57. The first kappa shape index (κ1) is 25.3. The van der Waals surface area contributed by atoms with Gasteiger partial charge in [-0.3, -0.25) is 20.0 Å². The monoisotopic (exact) mass is 507 g/mol. The van der Waals surface area contributed by atoms with Gasteiger partial charge >= 0.3 is 0 Å². The lowest BCUT2D eigenvalue weighted by atomic mass is 9.78. The second-order valence-electron chi connectivity index (χ2n) is 10.9. The number of phenols is 1. The normalized spacial score (nSPS) is 16.6. The van der Waals surface area contributed by atoms with E-state index in [1.165, 1.54) is 6.34 Å². The highest BCUT2D eigenvalue weighted by Crippen LogP contribution is 2.47. The molecule has 184 valence electrons. The lowest BCUT2D eigenvalue weighted by Crippen LogP contribution is -2.28. The molecule has 1 fully saturated rings. The number of amides is 1. The van der Waals surface area contributed by atoms with Gasteiger partial charge in [0.25, 0.3) is 0 Å². The van der Waals surface area contributed by atoms with Crippen molar-refractivity contribution in [2.24, 2.45) is 0 Å². The van der Waals surface area contributed by atoms with Gasteiger partial charge in [-0.25, -0.2) is 0 Å². The fraction of sp³-hybridized carbons (Fsp3) is 0.357. The Hall–Kier alpha value is -2.77. The molecule has 0 radical (unpaired) electrons. The molecule has 35 heavy (non-hydrogen) atoms. The van der Waals surface area contributed by atoms with Crippen LogP contribution in [0.5, 0.6) is 5.75 Å². The van der Waals surface area contributed by atoms with Crippen molar-refractivity contribution < 1.29 is 9.90 Å². The first-order valence-electron chi connectivity index (χ1n) is 11.7. The highest BCUT2D eigenvalue weighted by atomic mass is 32.2. The van der Waals surface area contributed by atoms with Crippen LogP contribution >= 0.6 is 23.1 Å². The summed E-state index contributed by atoms with van der Waals surface area (Å²) in [6.45, 7) is 12.6. The van der Waals surface area contributed by atoms with E-state index in [9.17, 15) is 9.90 Å². The van der Waals surface area contributed by atoms with Crippen LogP contribution in [-0.4, -0.2) is 23.1 Å². The van der Waals surface area contributed by atoms with Crippen molar-refractivity contribution in [3.8, 4) is 5.75 Å². The molecular weight excluding hydrogens is 474 g/mol. The van der Waals surface area contributed by atoms with Gasteiger partial charge in [-0.1, -0.05) is 41.5 Å². The van der Waals surface area contributed by atoms with Gasteiger partial charge in [0.2, 0.25) is 5.91 Å². The minimum atomic E-state index is -0.238. The molecule has 2 heterocycles. The summed E-state index contributed by atoms with van der Waals surface area (Å²) in [5, 5.41) is 21.8. The van der Waals surface area contributed by atoms with Crippen LogP contribution in [0.2, 0.25) is 0 Å². The average Bonchev–Trinajstić information content (AvgIpc) is 3.44. The SMILES string of the molecule is CC(C)(C)c1cc(C2SCC(=O)N2c2ccc(N(C=N)c3cccs3)cc2)cc(C(C)(C)C)c1O. The van der Waals surface area contributed by atoms with Gasteiger partial charge in [0.05, 0.1) is 12.1 Å². The molecule has 0 bridgehead atoms. The summed E-state index contributed by atoms with van der Waals surface area (Å²) in [6, 6.07) is 15.9. The number of nitrogens with zero attached hydrogens (tertiary/aromatic N) is 2. The van der Waals surface area contributed by atoms with Crippen LogP contribution < -0.4 is 9.80 Å². The Morgan fingerprint density at radius 1 is 1.03 bits per heavy atom. The average molecular weight is 508 g/mol. The number of hydrogen-bond acceptors (Lipinski definition) is 5. The largest absolute Gasteiger partial charge is 0.507 e. The number of carbonyl (C=O) groups is 1. The zero-order valence-electron chi connectivity index (χ0n) is 21.1. The van der Waals surface area contributed by atoms with E-state index in [0.717, 1.165) is 33.1 Å². The minimum absolute atomic E-state index is 0.0672. The number of carbonyl (C=O) groups excluding carboxylic acids is 1. The number of anilines is 3. The van der Waals surface area contributed by atoms with E-state index in [1.54, 1.807) is 23.1 Å². The lowest BCUT2D eigenvalue weighted by molar-refractivity contribution is -0.115. The van der Waals surface area contributed by atoms with Crippen molar-refractivity contribution in [1.29, 1.82) is 5.41 Å². The van der Waals surface area contributed by atoms with Crippen LogP contribution in [0.25, 0.3) is 0 Å². The van der Waals surface area contributed by atoms with E-state index >= 15 is 0 Å². The van der Waals surface area contributed by atoms with Gasteiger partial charge in [-0.2, -0.15) is 0 Å². The number of rotatable bonds is 5. The third-order valence-corrected chi connectivity index (χ3v) is 8.26. The van der Waals surface area contributed by atoms with Crippen LogP contribution in [0, 0.1) is 5.41 Å². The molecule has 3 aromatic rings. The molecule has 0 saturated carbocycles. The summed E-state index contributed by atoms with van der Waals surface area (Å²) in [4.78, 5) is 16.7. The highest BCUT2D eigenvalue weighted by Gasteiger charge is 2.36. The van der Waals surface area contributed by atoms with Gasteiger partial charge in [-0.15, -0.1) is 23.1 Å². The van der Waals surface area contributed by atoms with E-state index in [1.807, 2.05) is 51.6 Å². The Bertz CT molecular complexity index is 1190. The Morgan fingerprint density at radius 3 is 2.11 bits per heavy atom. The topological polar surface area (TPSA) is 67.6 Å². The first-order chi connectivity index (χ1) is 16.4. The third-order valence-electron chi connectivity index (χ3n) is 6.18. The number of phenolic OH excluding ortho intramolecular Hbond substituents is 1. The molecule has 0 aliphatic carbocycles. The summed E-state index contributed by atoms with van der Waals surface area (Å²) >= 11 is 3.19. The van der Waals surface area contributed by atoms with Gasteiger partial charge in [0.15, 0.2) is 0 Å². The molecule has 1 atom stereocenters. The molecule has 2 aromatic carbocycles. The molecule has 1 aromatic heterocycles.